The minimum atomic E-state index is -0.397. The van der Waals surface area contributed by atoms with Gasteiger partial charge in [0.05, 0.1) is 12.7 Å². The fourth-order valence-electron chi connectivity index (χ4n) is 1.98. The van der Waals surface area contributed by atoms with Gasteiger partial charge in [-0.2, -0.15) is 0 Å². The number of methoxy groups -OCH3 is 1. The zero-order valence-corrected chi connectivity index (χ0v) is 10.9. The number of carbonyl (C=O) groups excluding carboxylic acids is 1. The van der Waals surface area contributed by atoms with Crippen molar-refractivity contribution < 1.29 is 13.9 Å². The van der Waals surface area contributed by atoms with Gasteiger partial charge in [0, 0.05) is 11.6 Å². The molecule has 2 aromatic carbocycles. The lowest BCUT2D eigenvalue weighted by atomic mass is 10.0. The summed E-state index contributed by atoms with van der Waals surface area (Å²) >= 11 is 0. The van der Waals surface area contributed by atoms with E-state index in [9.17, 15) is 9.18 Å². The lowest BCUT2D eigenvalue weighted by Crippen LogP contribution is -1.94. The van der Waals surface area contributed by atoms with Gasteiger partial charge in [0.2, 0.25) is 0 Å². The van der Waals surface area contributed by atoms with Crippen molar-refractivity contribution in [3.8, 4) is 16.9 Å². The molecule has 0 saturated carbocycles. The lowest BCUT2D eigenvalue weighted by Gasteiger charge is -2.09. The molecular weight excluding hydrogens is 243 g/mol. The maximum atomic E-state index is 14.0. The summed E-state index contributed by atoms with van der Waals surface area (Å²) in [5.41, 5.74) is 2.69. The van der Waals surface area contributed by atoms with Crippen molar-refractivity contribution in [1.82, 2.24) is 0 Å². The third-order valence-electron chi connectivity index (χ3n) is 3.12. The van der Waals surface area contributed by atoms with E-state index in [2.05, 4.69) is 6.92 Å². The van der Waals surface area contributed by atoms with Crippen LogP contribution in [0.25, 0.3) is 11.1 Å². The Hall–Kier alpha value is -2.16. The molecule has 0 bridgehead atoms. The molecule has 2 rings (SSSR count). The Labute approximate surface area is 111 Å². The van der Waals surface area contributed by atoms with Crippen molar-refractivity contribution in [2.45, 2.75) is 13.3 Å². The van der Waals surface area contributed by atoms with Gasteiger partial charge in [-0.25, -0.2) is 4.39 Å². The quantitative estimate of drug-likeness (QED) is 0.778. The van der Waals surface area contributed by atoms with Crippen molar-refractivity contribution >= 4 is 6.29 Å². The summed E-state index contributed by atoms with van der Waals surface area (Å²) in [7, 11) is 1.41. The minimum absolute atomic E-state index is 0.251. The van der Waals surface area contributed by atoms with Crippen LogP contribution in [0.3, 0.4) is 0 Å². The zero-order chi connectivity index (χ0) is 13.8. The summed E-state index contributed by atoms with van der Waals surface area (Å²) < 4.78 is 19.0. The summed E-state index contributed by atoms with van der Waals surface area (Å²) in [5.74, 6) is -0.145. The first-order valence-corrected chi connectivity index (χ1v) is 6.11. The SMILES string of the molecule is CCc1ccc(-c2cc(C=O)c(OC)cc2F)cc1. The fraction of sp³-hybridized carbons (Fsp3) is 0.188. The van der Waals surface area contributed by atoms with Crippen LogP contribution in [0.4, 0.5) is 4.39 Å². The van der Waals surface area contributed by atoms with E-state index < -0.39 is 5.82 Å². The third-order valence-corrected chi connectivity index (χ3v) is 3.12. The van der Waals surface area contributed by atoms with Crippen LogP contribution in [-0.2, 0) is 6.42 Å². The molecule has 19 heavy (non-hydrogen) atoms. The Morgan fingerprint density at radius 3 is 2.42 bits per heavy atom. The second kappa shape index (κ2) is 5.65. The number of ether oxygens (including phenoxy) is 1. The second-order valence-corrected chi connectivity index (χ2v) is 4.24. The van der Waals surface area contributed by atoms with Gasteiger partial charge in [0.1, 0.15) is 11.6 Å². The van der Waals surface area contributed by atoms with E-state index in [1.807, 2.05) is 24.3 Å². The molecule has 0 amide bonds. The average Bonchev–Trinajstić information content (AvgIpc) is 2.47. The predicted octanol–water partition coefficient (Wildman–Crippen LogP) is 3.88. The highest BCUT2D eigenvalue weighted by molar-refractivity contribution is 5.83. The highest BCUT2D eigenvalue weighted by Crippen LogP contribution is 2.29. The molecule has 0 heterocycles. The minimum Gasteiger partial charge on any atom is -0.496 e. The van der Waals surface area contributed by atoms with Gasteiger partial charge >= 0.3 is 0 Å². The van der Waals surface area contributed by atoms with Crippen LogP contribution >= 0.6 is 0 Å². The van der Waals surface area contributed by atoms with Gasteiger partial charge in [-0.1, -0.05) is 31.2 Å². The maximum absolute atomic E-state index is 14.0. The molecule has 0 aromatic heterocycles. The molecule has 98 valence electrons. The van der Waals surface area contributed by atoms with Crippen LogP contribution in [0.15, 0.2) is 36.4 Å². The van der Waals surface area contributed by atoms with E-state index in [0.717, 1.165) is 12.0 Å². The van der Waals surface area contributed by atoms with Crippen molar-refractivity contribution in [2.75, 3.05) is 7.11 Å². The summed E-state index contributed by atoms with van der Waals surface area (Å²) in [4.78, 5) is 11.0. The number of rotatable bonds is 4. The van der Waals surface area contributed by atoms with E-state index in [-0.39, 0.29) is 5.75 Å². The van der Waals surface area contributed by atoms with Gasteiger partial charge < -0.3 is 4.74 Å². The smallest absolute Gasteiger partial charge is 0.153 e. The van der Waals surface area contributed by atoms with Gasteiger partial charge in [-0.15, -0.1) is 0 Å². The van der Waals surface area contributed by atoms with Gasteiger partial charge in [-0.05, 0) is 23.6 Å². The van der Waals surface area contributed by atoms with Crippen molar-refractivity contribution in [1.29, 1.82) is 0 Å². The first-order valence-electron chi connectivity index (χ1n) is 6.11. The highest BCUT2D eigenvalue weighted by atomic mass is 19.1. The molecule has 0 aliphatic rings. The monoisotopic (exact) mass is 258 g/mol. The molecule has 0 spiro atoms. The Kier molecular flexibility index (Phi) is 3.95. The number of carbonyl (C=O) groups is 1. The molecule has 0 aliphatic carbocycles. The predicted molar refractivity (Wildman–Crippen MR) is 73.2 cm³/mol. The lowest BCUT2D eigenvalue weighted by molar-refractivity contribution is 0.112. The number of hydrogen-bond acceptors (Lipinski definition) is 2. The first kappa shape index (κ1) is 13.3. The van der Waals surface area contributed by atoms with Crippen LogP contribution in [-0.4, -0.2) is 13.4 Å². The number of aldehydes is 1. The molecular formula is C16H15FO2. The largest absolute Gasteiger partial charge is 0.496 e. The van der Waals surface area contributed by atoms with Crippen molar-refractivity contribution in [2.24, 2.45) is 0 Å². The summed E-state index contributed by atoms with van der Waals surface area (Å²) in [6.07, 6.45) is 1.60. The zero-order valence-electron chi connectivity index (χ0n) is 10.9. The van der Waals surface area contributed by atoms with Crippen molar-refractivity contribution in [3.05, 3.63) is 53.3 Å². The first-order chi connectivity index (χ1) is 9.19. The Balaban J connectivity index is 2.51. The van der Waals surface area contributed by atoms with E-state index in [0.29, 0.717) is 17.4 Å². The van der Waals surface area contributed by atoms with Crippen LogP contribution in [0.2, 0.25) is 0 Å². The van der Waals surface area contributed by atoms with Crippen molar-refractivity contribution in [3.63, 3.8) is 0 Å². The Morgan fingerprint density at radius 2 is 1.89 bits per heavy atom. The molecule has 0 radical (unpaired) electrons. The van der Waals surface area contributed by atoms with Gasteiger partial charge in [0.15, 0.2) is 6.29 Å². The Bertz CT molecular complexity index is 588. The molecule has 0 fully saturated rings. The summed E-state index contributed by atoms with van der Waals surface area (Å²) in [6.45, 7) is 2.06. The summed E-state index contributed by atoms with van der Waals surface area (Å²) in [5, 5.41) is 0. The molecule has 0 N–H and O–H groups in total. The topological polar surface area (TPSA) is 26.3 Å². The molecule has 2 nitrogen and oxygen atoms in total. The maximum Gasteiger partial charge on any atom is 0.153 e. The Morgan fingerprint density at radius 1 is 1.21 bits per heavy atom. The van der Waals surface area contributed by atoms with Crippen LogP contribution in [0, 0.1) is 5.82 Å². The van der Waals surface area contributed by atoms with Crippen LogP contribution in [0.5, 0.6) is 5.75 Å². The van der Waals surface area contributed by atoms with Gasteiger partial charge in [0.25, 0.3) is 0 Å². The third kappa shape index (κ3) is 2.65. The molecule has 0 unspecified atom stereocenters. The second-order valence-electron chi connectivity index (χ2n) is 4.24. The molecule has 0 saturated heterocycles. The average molecular weight is 258 g/mol. The molecule has 0 atom stereocenters. The van der Waals surface area contributed by atoms with Crippen LogP contribution < -0.4 is 4.74 Å². The van der Waals surface area contributed by atoms with E-state index >= 15 is 0 Å². The molecule has 3 heteroatoms. The molecule has 2 aromatic rings. The summed E-state index contributed by atoms with van der Waals surface area (Å²) in [6, 6.07) is 10.4. The van der Waals surface area contributed by atoms with E-state index in [4.69, 9.17) is 4.74 Å². The normalized spacial score (nSPS) is 10.3. The number of hydrogen-bond donors (Lipinski definition) is 0. The standard InChI is InChI=1S/C16H15FO2/c1-3-11-4-6-12(7-5-11)14-8-13(10-18)16(19-2)9-15(14)17/h4-10H,3H2,1-2H3. The number of halogens is 1. The highest BCUT2D eigenvalue weighted by Gasteiger charge is 2.11. The van der Waals surface area contributed by atoms with Gasteiger partial charge in [-0.3, -0.25) is 4.79 Å². The van der Waals surface area contributed by atoms with Crippen LogP contribution in [0.1, 0.15) is 22.8 Å². The fourth-order valence-corrected chi connectivity index (χ4v) is 1.98. The molecule has 0 aliphatic heterocycles. The number of benzene rings is 2. The van der Waals surface area contributed by atoms with E-state index in [1.165, 1.54) is 24.8 Å². The number of aryl methyl sites for hydroxylation is 1. The van der Waals surface area contributed by atoms with E-state index in [1.54, 1.807) is 0 Å².